The van der Waals surface area contributed by atoms with Crippen molar-refractivity contribution in [1.82, 2.24) is 0 Å². The number of hydrogen-bond donors (Lipinski definition) is 0. The molecule has 1 heterocycles. The third-order valence-corrected chi connectivity index (χ3v) is 5.25. The Morgan fingerprint density at radius 1 is 1.24 bits per heavy atom. The van der Waals surface area contributed by atoms with Gasteiger partial charge in [0.25, 0.3) is 0 Å². The fraction of sp³-hybridized carbons (Fsp3) is 0.526. The van der Waals surface area contributed by atoms with Crippen LogP contribution in [0.4, 0.5) is 0 Å². The topological polar surface area (TPSA) is 26.3 Å². The third-order valence-electron chi connectivity index (χ3n) is 5.25. The summed E-state index contributed by atoms with van der Waals surface area (Å²) < 4.78 is 6.35. The van der Waals surface area contributed by atoms with Crippen LogP contribution in [0.5, 0.6) is 0 Å². The largest absolute Gasteiger partial charge is 0.488 e. The van der Waals surface area contributed by atoms with Gasteiger partial charge < -0.3 is 4.74 Å². The number of benzene rings is 1. The molecule has 0 bridgehead atoms. The summed E-state index contributed by atoms with van der Waals surface area (Å²) in [5.41, 5.74) is 0.698. The maximum absolute atomic E-state index is 13.0. The van der Waals surface area contributed by atoms with E-state index in [1.54, 1.807) is 6.08 Å². The Hall–Kier alpha value is -1.57. The Morgan fingerprint density at radius 2 is 1.95 bits per heavy atom. The lowest BCUT2D eigenvalue weighted by molar-refractivity contribution is -0.139. The van der Waals surface area contributed by atoms with Crippen molar-refractivity contribution in [2.24, 2.45) is 17.3 Å². The molecule has 3 atom stereocenters. The molecule has 112 valence electrons. The molecule has 0 amide bonds. The normalized spacial score (nSPS) is 32.4. The Bertz CT molecular complexity index is 558. The van der Waals surface area contributed by atoms with E-state index in [9.17, 15) is 4.79 Å². The molecule has 2 heteroatoms. The molecular weight excluding hydrogens is 260 g/mol. The van der Waals surface area contributed by atoms with Crippen molar-refractivity contribution in [1.29, 1.82) is 0 Å². The fourth-order valence-corrected chi connectivity index (χ4v) is 4.15. The molecule has 1 saturated carbocycles. The Labute approximate surface area is 127 Å². The molecule has 1 spiro atoms. The Balaban J connectivity index is 2.03. The number of carbonyl (C=O) groups excluding carboxylic acids is 1. The molecule has 1 aliphatic heterocycles. The molecule has 2 aliphatic rings. The number of allylic oxidation sites excluding steroid dienone is 1. The van der Waals surface area contributed by atoms with Crippen molar-refractivity contribution in [2.75, 3.05) is 0 Å². The predicted molar refractivity (Wildman–Crippen MR) is 84.6 cm³/mol. The third kappa shape index (κ3) is 2.21. The van der Waals surface area contributed by atoms with Gasteiger partial charge in [0.1, 0.15) is 11.9 Å². The maximum atomic E-state index is 13.0. The van der Waals surface area contributed by atoms with Gasteiger partial charge >= 0.3 is 0 Å². The molecule has 1 fully saturated rings. The van der Waals surface area contributed by atoms with Crippen LogP contribution in [-0.4, -0.2) is 11.9 Å². The van der Waals surface area contributed by atoms with E-state index < -0.39 is 0 Å². The summed E-state index contributed by atoms with van der Waals surface area (Å²) >= 11 is 0. The van der Waals surface area contributed by atoms with Crippen LogP contribution in [0, 0.1) is 17.3 Å². The van der Waals surface area contributed by atoms with Gasteiger partial charge in [-0.25, -0.2) is 0 Å². The number of ether oxygens (including phenoxy) is 1. The number of carbonyl (C=O) groups is 1. The van der Waals surface area contributed by atoms with Gasteiger partial charge in [-0.2, -0.15) is 0 Å². The van der Waals surface area contributed by atoms with E-state index in [4.69, 9.17) is 4.74 Å². The van der Waals surface area contributed by atoms with Gasteiger partial charge in [0.2, 0.25) is 0 Å². The van der Waals surface area contributed by atoms with E-state index >= 15 is 0 Å². The van der Waals surface area contributed by atoms with Crippen molar-refractivity contribution in [3.05, 3.63) is 42.0 Å². The average Bonchev–Trinajstić information content (AvgIpc) is 2.85. The van der Waals surface area contributed by atoms with Gasteiger partial charge in [0, 0.05) is 11.6 Å². The molecule has 0 N–H and O–H groups in total. The molecule has 3 rings (SSSR count). The van der Waals surface area contributed by atoms with E-state index in [1.807, 2.05) is 30.3 Å². The molecule has 1 aromatic carbocycles. The Morgan fingerprint density at radius 3 is 2.52 bits per heavy atom. The van der Waals surface area contributed by atoms with E-state index in [-0.39, 0.29) is 17.3 Å². The number of ketones is 1. The molecule has 1 aliphatic carbocycles. The first-order chi connectivity index (χ1) is 10.1. The van der Waals surface area contributed by atoms with Crippen LogP contribution >= 0.6 is 0 Å². The van der Waals surface area contributed by atoms with Crippen LogP contribution < -0.4 is 0 Å². The molecule has 0 unspecified atom stereocenters. The highest BCUT2D eigenvalue weighted by molar-refractivity contribution is 6.02. The van der Waals surface area contributed by atoms with E-state index in [2.05, 4.69) is 20.8 Å². The average molecular weight is 284 g/mol. The van der Waals surface area contributed by atoms with Crippen LogP contribution in [0.2, 0.25) is 0 Å². The minimum absolute atomic E-state index is 0.0114. The molecular formula is C19H24O2. The molecule has 0 aromatic heterocycles. The number of hydrogen-bond acceptors (Lipinski definition) is 2. The molecule has 0 radical (unpaired) electrons. The standard InChI is InChI=1S/C19H24O2/c1-13(2)18-19(11-7-8-14(19)3)17(20)12-16(21-18)15-9-5-4-6-10-15/h4-6,9-10,12-14,18H,7-8,11H2,1-3H3/t14-,18-,19+/m0/s1. The van der Waals surface area contributed by atoms with Gasteiger partial charge in [0.15, 0.2) is 5.78 Å². The van der Waals surface area contributed by atoms with Crippen LogP contribution in [0.25, 0.3) is 5.76 Å². The lowest BCUT2D eigenvalue weighted by Crippen LogP contribution is -2.50. The quantitative estimate of drug-likeness (QED) is 0.801. The zero-order valence-electron chi connectivity index (χ0n) is 13.1. The predicted octanol–water partition coefficient (Wildman–Crippen LogP) is 4.46. The SMILES string of the molecule is CC(C)[C@@H]1OC(c2ccccc2)=CC(=O)[C@]12CCC[C@@H]2C. The van der Waals surface area contributed by atoms with E-state index in [1.165, 1.54) is 0 Å². The summed E-state index contributed by atoms with van der Waals surface area (Å²) in [6.07, 6.45) is 4.97. The first-order valence-corrected chi connectivity index (χ1v) is 8.04. The minimum Gasteiger partial charge on any atom is -0.488 e. The smallest absolute Gasteiger partial charge is 0.169 e. The second kappa shape index (κ2) is 5.32. The van der Waals surface area contributed by atoms with Crippen LogP contribution in [-0.2, 0) is 9.53 Å². The van der Waals surface area contributed by atoms with Crippen LogP contribution in [0.15, 0.2) is 36.4 Å². The lowest BCUT2D eigenvalue weighted by atomic mass is 9.66. The highest BCUT2D eigenvalue weighted by atomic mass is 16.5. The summed E-state index contributed by atoms with van der Waals surface area (Å²) in [5.74, 6) is 1.76. The second-order valence-electron chi connectivity index (χ2n) is 6.85. The second-order valence-corrected chi connectivity index (χ2v) is 6.85. The molecule has 2 nitrogen and oxygen atoms in total. The molecule has 0 saturated heterocycles. The monoisotopic (exact) mass is 284 g/mol. The minimum atomic E-state index is -0.299. The molecule has 21 heavy (non-hydrogen) atoms. The van der Waals surface area contributed by atoms with Gasteiger partial charge in [0.05, 0.1) is 5.41 Å². The highest BCUT2D eigenvalue weighted by Gasteiger charge is 2.55. The van der Waals surface area contributed by atoms with Gasteiger partial charge in [-0.05, 0) is 24.7 Å². The summed E-state index contributed by atoms with van der Waals surface area (Å²) in [7, 11) is 0. The van der Waals surface area contributed by atoms with Gasteiger partial charge in [-0.1, -0.05) is 57.5 Å². The maximum Gasteiger partial charge on any atom is 0.169 e. The van der Waals surface area contributed by atoms with Crippen molar-refractivity contribution in [2.45, 2.75) is 46.1 Å². The summed E-state index contributed by atoms with van der Waals surface area (Å²) in [5, 5.41) is 0. The van der Waals surface area contributed by atoms with Crippen molar-refractivity contribution in [3.63, 3.8) is 0 Å². The van der Waals surface area contributed by atoms with Crippen LogP contribution in [0.3, 0.4) is 0 Å². The van der Waals surface area contributed by atoms with Gasteiger partial charge in [-0.15, -0.1) is 0 Å². The van der Waals surface area contributed by atoms with E-state index in [0.29, 0.717) is 11.8 Å². The van der Waals surface area contributed by atoms with E-state index in [0.717, 1.165) is 30.6 Å². The first-order valence-electron chi connectivity index (χ1n) is 8.04. The Kier molecular flexibility index (Phi) is 3.64. The number of rotatable bonds is 2. The molecule has 1 aromatic rings. The van der Waals surface area contributed by atoms with Gasteiger partial charge in [-0.3, -0.25) is 4.79 Å². The fourth-order valence-electron chi connectivity index (χ4n) is 4.15. The zero-order chi connectivity index (χ0) is 15.0. The van der Waals surface area contributed by atoms with Crippen molar-refractivity contribution < 1.29 is 9.53 Å². The summed E-state index contributed by atoms with van der Waals surface area (Å²) in [4.78, 5) is 13.0. The zero-order valence-corrected chi connectivity index (χ0v) is 13.1. The van der Waals surface area contributed by atoms with Crippen molar-refractivity contribution >= 4 is 11.5 Å². The first kappa shape index (κ1) is 14.4. The highest BCUT2D eigenvalue weighted by Crippen LogP contribution is 2.52. The summed E-state index contributed by atoms with van der Waals surface area (Å²) in [6.45, 7) is 6.54. The van der Waals surface area contributed by atoms with Crippen molar-refractivity contribution in [3.8, 4) is 0 Å². The lowest BCUT2D eigenvalue weighted by Gasteiger charge is -2.44. The van der Waals surface area contributed by atoms with Crippen LogP contribution in [0.1, 0.15) is 45.6 Å². The summed E-state index contributed by atoms with van der Waals surface area (Å²) in [6, 6.07) is 9.96.